The summed E-state index contributed by atoms with van der Waals surface area (Å²) in [4.78, 5) is 17.3. The minimum Gasteiger partial charge on any atom is -0.441 e. The fraction of sp³-hybridized carbons (Fsp3) is 0.333. The Morgan fingerprint density at radius 2 is 2.24 bits per heavy atom. The molecule has 1 amide bonds. The minimum absolute atomic E-state index is 0.307. The molecule has 0 bridgehead atoms. The van der Waals surface area contributed by atoms with Gasteiger partial charge in [-0.05, 0) is 32.2 Å². The molecule has 112 valence electrons. The van der Waals surface area contributed by atoms with Crippen molar-refractivity contribution in [2.45, 2.75) is 19.9 Å². The Kier molecular flexibility index (Phi) is 4.98. The van der Waals surface area contributed by atoms with E-state index in [0.717, 1.165) is 17.0 Å². The van der Waals surface area contributed by atoms with Gasteiger partial charge in [0.2, 0.25) is 11.8 Å². The first kappa shape index (κ1) is 15.5. The third-order valence-corrected chi connectivity index (χ3v) is 3.36. The van der Waals surface area contributed by atoms with E-state index in [9.17, 15) is 4.79 Å². The fourth-order valence-corrected chi connectivity index (χ4v) is 2.15. The Morgan fingerprint density at radius 3 is 2.90 bits per heavy atom. The first-order valence-electron chi connectivity index (χ1n) is 6.65. The maximum absolute atomic E-state index is 10.8. The molecule has 1 heterocycles. The standard InChI is InChI=1S/C15H18ClN3O2/c1-10-13(9-19(2)7-6-14(17)20)18-15(21-10)11-4-3-5-12(16)8-11/h3-5,8H,6-7,9H2,1-2H3,(H2,17,20). The second kappa shape index (κ2) is 6.74. The Hall–Kier alpha value is -1.85. The summed E-state index contributed by atoms with van der Waals surface area (Å²) in [5.41, 5.74) is 6.83. The molecular formula is C15H18ClN3O2. The van der Waals surface area contributed by atoms with E-state index >= 15 is 0 Å². The second-order valence-corrected chi connectivity index (χ2v) is 5.42. The van der Waals surface area contributed by atoms with Crippen LogP contribution in [0.1, 0.15) is 17.9 Å². The number of rotatable bonds is 6. The largest absolute Gasteiger partial charge is 0.441 e. The molecule has 1 aromatic heterocycles. The van der Waals surface area contributed by atoms with Crippen LogP contribution in [0.2, 0.25) is 5.02 Å². The lowest BCUT2D eigenvalue weighted by atomic mass is 10.2. The lowest BCUT2D eigenvalue weighted by molar-refractivity contribution is -0.118. The quantitative estimate of drug-likeness (QED) is 0.890. The summed E-state index contributed by atoms with van der Waals surface area (Å²) in [6.07, 6.45) is 0.328. The zero-order chi connectivity index (χ0) is 15.4. The molecule has 2 rings (SSSR count). The van der Waals surface area contributed by atoms with Crippen LogP contribution in [0.5, 0.6) is 0 Å². The maximum Gasteiger partial charge on any atom is 0.226 e. The van der Waals surface area contributed by atoms with Crippen molar-refractivity contribution >= 4 is 17.5 Å². The molecule has 0 aliphatic rings. The normalized spacial score (nSPS) is 11.0. The fourth-order valence-electron chi connectivity index (χ4n) is 1.96. The monoisotopic (exact) mass is 307 g/mol. The number of oxazole rings is 1. The van der Waals surface area contributed by atoms with Gasteiger partial charge in [-0.2, -0.15) is 0 Å². The lowest BCUT2D eigenvalue weighted by Crippen LogP contribution is -2.24. The van der Waals surface area contributed by atoms with E-state index < -0.39 is 0 Å². The van der Waals surface area contributed by atoms with Crippen molar-refractivity contribution in [2.75, 3.05) is 13.6 Å². The summed E-state index contributed by atoms with van der Waals surface area (Å²) in [7, 11) is 1.91. The number of aryl methyl sites for hydroxylation is 1. The molecule has 0 unspecified atom stereocenters. The number of aromatic nitrogens is 1. The van der Waals surface area contributed by atoms with Crippen molar-refractivity contribution in [3.63, 3.8) is 0 Å². The Morgan fingerprint density at radius 1 is 1.48 bits per heavy atom. The van der Waals surface area contributed by atoms with Crippen LogP contribution in [0.3, 0.4) is 0 Å². The number of benzene rings is 1. The summed E-state index contributed by atoms with van der Waals surface area (Å²) in [6, 6.07) is 7.38. The van der Waals surface area contributed by atoms with Crippen molar-refractivity contribution in [2.24, 2.45) is 5.73 Å². The van der Waals surface area contributed by atoms with E-state index in [4.69, 9.17) is 21.8 Å². The van der Waals surface area contributed by atoms with Gasteiger partial charge in [0.25, 0.3) is 0 Å². The molecule has 0 aliphatic heterocycles. The number of halogens is 1. The van der Waals surface area contributed by atoms with E-state index in [0.29, 0.717) is 30.4 Å². The molecule has 21 heavy (non-hydrogen) atoms. The van der Waals surface area contributed by atoms with Crippen molar-refractivity contribution < 1.29 is 9.21 Å². The van der Waals surface area contributed by atoms with Crippen molar-refractivity contribution in [1.29, 1.82) is 0 Å². The van der Waals surface area contributed by atoms with Gasteiger partial charge in [0.15, 0.2) is 0 Å². The molecule has 2 aromatic rings. The Bertz CT molecular complexity index is 640. The SMILES string of the molecule is Cc1oc(-c2cccc(Cl)c2)nc1CN(C)CCC(N)=O. The van der Waals surface area contributed by atoms with E-state index in [1.165, 1.54) is 0 Å². The number of nitrogens with two attached hydrogens (primary N) is 1. The lowest BCUT2D eigenvalue weighted by Gasteiger charge is -2.13. The van der Waals surface area contributed by atoms with Crippen LogP contribution >= 0.6 is 11.6 Å². The Balaban J connectivity index is 2.10. The molecular weight excluding hydrogens is 290 g/mol. The van der Waals surface area contributed by atoms with Gasteiger partial charge in [-0.15, -0.1) is 0 Å². The van der Waals surface area contributed by atoms with Gasteiger partial charge in [0, 0.05) is 30.1 Å². The average molecular weight is 308 g/mol. The number of hydrogen-bond donors (Lipinski definition) is 1. The van der Waals surface area contributed by atoms with E-state index in [1.807, 2.05) is 37.1 Å². The van der Waals surface area contributed by atoms with Gasteiger partial charge in [-0.3, -0.25) is 9.69 Å². The second-order valence-electron chi connectivity index (χ2n) is 4.99. The van der Waals surface area contributed by atoms with Crippen LogP contribution in [0, 0.1) is 6.92 Å². The molecule has 0 saturated carbocycles. The van der Waals surface area contributed by atoms with Crippen LogP contribution in [0.25, 0.3) is 11.5 Å². The number of carbonyl (C=O) groups is 1. The summed E-state index contributed by atoms with van der Waals surface area (Å²) >= 11 is 5.98. The zero-order valence-corrected chi connectivity index (χ0v) is 12.9. The maximum atomic E-state index is 10.8. The van der Waals surface area contributed by atoms with Crippen LogP contribution in [0.15, 0.2) is 28.7 Å². The molecule has 1 aromatic carbocycles. The average Bonchev–Trinajstić information content (AvgIpc) is 2.78. The Labute approximate surface area is 128 Å². The number of nitrogens with zero attached hydrogens (tertiary/aromatic N) is 2. The molecule has 0 saturated heterocycles. The predicted molar refractivity (Wildman–Crippen MR) is 81.8 cm³/mol. The van der Waals surface area contributed by atoms with Crippen molar-refractivity contribution in [3.8, 4) is 11.5 Å². The minimum atomic E-state index is -0.307. The molecule has 2 N–H and O–H groups in total. The number of primary amides is 1. The van der Waals surface area contributed by atoms with Gasteiger partial charge in [0.05, 0.1) is 5.69 Å². The highest BCUT2D eigenvalue weighted by molar-refractivity contribution is 6.30. The molecule has 0 fully saturated rings. The van der Waals surface area contributed by atoms with E-state index in [2.05, 4.69) is 4.98 Å². The predicted octanol–water partition coefficient (Wildman–Crippen LogP) is 2.61. The topological polar surface area (TPSA) is 72.4 Å². The highest BCUT2D eigenvalue weighted by Gasteiger charge is 2.13. The number of hydrogen-bond acceptors (Lipinski definition) is 4. The van der Waals surface area contributed by atoms with E-state index in [-0.39, 0.29) is 5.91 Å². The van der Waals surface area contributed by atoms with Crippen LogP contribution in [-0.4, -0.2) is 29.4 Å². The van der Waals surface area contributed by atoms with Gasteiger partial charge in [0.1, 0.15) is 5.76 Å². The van der Waals surface area contributed by atoms with Gasteiger partial charge >= 0.3 is 0 Å². The summed E-state index contributed by atoms with van der Waals surface area (Å²) in [6.45, 7) is 3.07. The summed E-state index contributed by atoms with van der Waals surface area (Å²) in [5, 5.41) is 0.642. The summed E-state index contributed by atoms with van der Waals surface area (Å²) in [5.74, 6) is 1.00. The van der Waals surface area contributed by atoms with Crippen molar-refractivity contribution in [1.82, 2.24) is 9.88 Å². The van der Waals surface area contributed by atoms with E-state index in [1.54, 1.807) is 6.07 Å². The molecule has 0 radical (unpaired) electrons. The first-order chi connectivity index (χ1) is 9.95. The number of carbonyl (C=O) groups excluding carboxylic acids is 1. The van der Waals surface area contributed by atoms with Crippen molar-refractivity contribution in [3.05, 3.63) is 40.7 Å². The molecule has 0 atom stereocenters. The molecule has 6 heteroatoms. The van der Waals surface area contributed by atoms with Crippen LogP contribution in [-0.2, 0) is 11.3 Å². The number of amides is 1. The zero-order valence-electron chi connectivity index (χ0n) is 12.1. The molecule has 5 nitrogen and oxygen atoms in total. The third-order valence-electron chi connectivity index (χ3n) is 3.12. The highest BCUT2D eigenvalue weighted by atomic mass is 35.5. The summed E-state index contributed by atoms with van der Waals surface area (Å²) < 4.78 is 5.69. The van der Waals surface area contributed by atoms with Gasteiger partial charge < -0.3 is 10.2 Å². The molecule has 0 spiro atoms. The third kappa shape index (κ3) is 4.31. The van der Waals surface area contributed by atoms with Crippen LogP contribution < -0.4 is 5.73 Å². The van der Waals surface area contributed by atoms with Gasteiger partial charge in [-0.25, -0.2) is 4.98 Å². The molecule has 0 aliphatic carbocycles. The smallest absolute Gasteiger partial charge is 0.226 e. The highest BCUT2D eigenvalue weighted by Crippen LogP contribution is 2.24. The van der Waals surface area contributed by atoms with Gasteiger partial charge in [-0.1, -0.05) is 17.7 Å². The van der Waals surface area contributed by atoms with Crippen LogP contribution in [0.4, 0.5) is 0 Å². The first-order valence-corrected chi connectivity index (χ1v) is 7.02.